The molecule has 5 heteroatoms. The van der Waals surface area contributed by atoms with E-state index >= 15 is 0 Å². The molecule has 3 rings (SSSR count). The Morgan fingerprint density at radius 2 is 1.47 bits per heavy atom. The first-order valence-electron chi connectivity index (χ1n) is 11.5. The van der Waals surface area contributed by atoms with Gasteiger partial charge in [0, 0.05) is 19.1 Å². The Morgan fingerprint density at radius 1 is 0.969 bits per heavy atom. The van der Waals surface area contributed by atoms with E-state index in [0.29, 0.717) is 19.1 Å². The number of nitrogens with zero attached hydrogens (tertiary/aromatic N) is 2. The van der Waals surface area contributed by atoms with E-state index in [4.69, 9.17) is 9.47 Å². The number of carbonyl (C=O) groups is 1. The van der Waals surface area contributed by atoms with Crippen molar-refractivity contribution in [1.82, 2.24) is 9.80 Å². The molecule has 1 amide bonds. The molecule has 2 aromatic rings. The summed E-state index contributed by atoms with van der Waals surface area (Å²) in [5, 5.41) is 0. The lowest BCUT2D eigenvalue weighted by molar-refractivity contribution is -0.0565. The SMILES string of the molecule is CC(C)[C@@H](COC(=O)N1C(C)(C)COC1(C)C)N(Cc1ccccc1)Cc1ccccc1. The predicted octanol–water partition coefficient (Wildman–Crippen LogP) is 5.70. The third-order valence-corrected chi connectivity index (χ3v) is 6.18. The van der Waals surface area contributed by atoms with E-state index in [1.54, 1.807) is 4.90 Å². The second kappa shape index (κ2) is 10.1. The van der Waals surface area contributed by atoms with Crippen molar-refractivity contribution in [2.75, 3.05) is 13.2 Å². The number of hydrogen-bond donors (Lipinski definition) is 0. The van der Waals surface area contributed by atoms with Crippen LogP contribution in [0.15, 0.2) is 60.7 Å². The summed E-state index contributed by atoms with van der Waals surface area (Å²) >= 11 is 0. The summed E-state index contributed by atoms with van der Waals surface area (Å²) < 4.78 is 11.8. The first-order chi connectivity index (χ1) is 15.1. The van der Waals surface area contributed by atoms with Crippen molar-refractivity contribution in [2.45, 2.75) is 71.9 Å². The third kappa shape index (κ3) is 5.90. The van der Waals surface area contributed by atoms with Crippen LogP contribution in [0.5, 0.6) is 0 Å². The Kier molecular flexibility index (Phi) is 7.63. The summed E-state index contributed by atoms with van der Waals surface area (Å²) in [6.07, 6.45) is -0.317. The van der Waals surface area contributed by atoms with Gasteiger partial charge in [0.1, 0.15) is 12.3 Å². The summed E-state index contributed by atoms with van der Waals surface area (Å²) in [4.78, 5) is 17.3. The summed E-state index contributed by atoms with van der Waals surface area (Å²) in [5.41, 5.74) is 1.41. The number of hydrogen-bond acceptors (Lipinski definition) is 4. The molecule has 5 nitrogen and oxygen atoms in total. The lowest BCUT2D eigenvalue weighted by atomic mass is 10.0. The molecule has 0 saturated carbocycles. The number of ether oxygens (including phenoxy) is 2. The molecule has 0 spiro atoms. The molecular formula is C27H38N2O3. The van der Waals surface area contributed by atoms with Crippen molar-refractivity contribution in [3.05, 3.63) is 71.8 Å². The van der Waals surface area contributed by atoms with Crippen molar-refractivity contribution < 1.29 is 14.3 Å². The van der Waals surface area contributed by atoms with Crippen molar-refractivity contribution in [3.63, 3.8) is 0 Å². The van der Waals surface area contributed by atoms with Crippen molar-refractivity contribution in [2.24, 2.45) is 5.92 Å². The largest absolute Gasteiger partial charge is 0.448 e. The molecule has 0 aliphatic carbocycles. The van der Waals surface area contributed by atoms with Crippen LogP contribution in [-0.4, -0.2) is 46.4 Å². The average Bonchev–Trinajstić information content (AvgIpc) is 2.96. The lowest BCUT2D eigenvalue weighted by Crippen LogP contribution is -2.53. The van der Waals surface area contributed by atoms with Gasteiger partial charge < -0.3 is 9.47 Å². The van der Waals surface area contributed by atoms with E-state index in [9.17, 15) is 4.79 Å². The highest BCUT2D eigenvalue weighted by atomic mass is 16.6. The standard InChI is InChI=1S/C27H38N2O3/c1-21(2)24(19-31-25(30)29-26(3,4)20-32-27(29,5)6)28(17-22-13-9-7-10-14-22)18-23-15-11-8-12-16-23/h7-16,21,24H,17-20H2,1-6H3/t24-/m1/s1. The fraction of sp³-hybridized carbons (Fsp3) is 0.519. The first-order valence-corrected chi connectivity index (χ1v) is 11.5. The molecule has 1 saturated heterocycles. The Labute approximate surface area is 193 Å². The van der Waals surface area contributed by atoms with Crippen LogP contribution in [0.1, 0.15) is 52.7 Å². The highest BCUT2D eigenvalue weighted by Crippen LogP contribution is 2.35. The van der Waals surface area contributed by atoms with Crippen LogP contribution in [0.25, 0.3) is 0 Å². The summed E-state index contributed by atoms with van der Waals surface area (Å²) in [5.74, 6) is 0.311. The quantitative estimate of drug-likeness (QED) is 0.530. The normalized spacial score (nSPS) is 18.2. The van der Waals surface area contributed by atoms with Gasteiger partial charge in [-0.25, -0.2) is 4.79 Å². The van der Waals surface area contributed by atoms with Gasteiger partial charge in [0.15, 0.2) is 0 Å². The van der Waals surface area contributed by atoms with Crippen molar-refractivity contribution >= 4 is 6.09 Å². The summed E-state index contributed by atoms with van der Waals surface area (Å²) in [6.45, 7) is 14.7. The second-order valence-electron chi connectivity index (χ2n) is 10.1. The second-order valence-corrected chi connectivity index (χ2v) is 10.1. The number of benzene rings is 2. The van der Waals surface area contributed by atoms with E-state index in [0.717, 1.165) is 13.1 Å². The van der Waals surface area contributed by atoms with Gasteiger partial charge in [-0.05, 0) is 44.7 Å². The van der Waals surface area contributed by atoms with Crippen LogP contribution in [0.2, 0.25) is 0 Å². The molecule has 1 aliphatic rings. The molecule has 1 aliphatic heterocycles. The Morgan fingerprint density at radius 3 is 1.88 bits per heavy atom. The first kappa shape index (κ1) is 24.3. The zero-order valence-electron chi connectivity index (χ0n) is 20.4. The zero-order valence-corrected chi connectivity index (χ0v) is 20.4. The summed E-state index contributed by atoms with van der Waals surface area (Å²) in [7, 11) is 0. The van der Waals surface area contributed by atoms with Gasteiger partial charge in [0.25, 0.3) is 0 Å². The highest BCUT2D eigenvalue weighted by molar-refractivity contribution is 5.70. The van der Waals surface area contributed by atoms with Crippen LogP contribution in [0.4, 0.5) is 4.79 Å². The fourth-order valence-electron chi connectivity index (χ4n) is 4.55. The third-order valence-electron chi connectivity index (χ3n) is 6.18. The molecule has 32 heavy (non-hydrogen) atoms. The highest BCUT2D eigenvalue weighted by Gasteiger charge is 2.49. The fourth-order valence-corrected chi connectivity index (χ4v) is 4.55. The Bertz CT molecular complexity index is 807. The minimum atomic E-state index is -0.679. The van der Waals surface area contributed by atoms with Gasteiger partial charge in [-0.1, -0.05) is 74.5 Å². The smallest absolute Gasteiger partial charge is 0.412 e. The lowest BCUT2D eigenvalue weighted by Gasteiger charge is -2.38. The van der Waals surface area contributed by atoms with E-state index < -0.39 is 11.3 Å². The van der Waals surface area contributed by atoms with Crippen molar-refractivity contribution in [1.29, 1.82) is 0 Å². The maximum atomic E-state index is 13.1. The van der Waals surface area contributed by atoms with E-state index in [1.165, 1.54) is 11.1 Å². The van der Waals surface area contributed by atoms with Crippen LogP contribution < -0.4 is 0 Å². The molecule has 0 radical (unpaired) electrons. The van der Waals surface area contributed by atoms with Crippen LogP contribution >= 0.6 is 0 Å². The van der Waals surface area contributed by atoms with Crippen LogP contribution in [0.3, 0.4) is 0 Å². The Balaban J connectivity index is 1.78. The number of carbonyl (C=O) groups excluding carboxylic acids is 1. The molecular weight excluding hydrogens is 400 g/mol. The van der Waals surface area contributed by atoms with Gasteiger partial charge in [-0.15, -0.1) is 0 Å². The van der Waals surface area contributed by atoms with Crippen molar-refractivity contribution in [3.8, 4) is 0 Å². The molecule has 1 atom stereocenters. The van der Waals surface area contributed by atoms with Gasteiger partial charge in [-0.3, -0.25) is 9.80 Å². The van der Waals surface area contributed by atoms with E-state index in [-0.39, 0.29) is 12.1 Å². The maximum Gasteiger partial charge on any atom is 0.412 e. The van der Waals surface area contributed by atoms with Gasteiger partial charge in [-0.2, -0.15) is 0 Å². The topological polar surface area (TPSA) is 42.0 Å². The molecule has 0 unspecified atom stereocenters. The van der Waals surface area contributed by atoms with Gasteiger partial charge >= 0.3 is 6.09 Å². The molecule has 0 aromatic heterocycles. The molecule has 1 heterocycles. The summed E-state index contributed by atoms with van der Waals surface area (Å²) in [6, 6.07) is 21.0. The minimum absolute atomic E-state index is 0.0779. The van der Waals surface area contributed by atoms with Gasteiger partial charge in [0.2, 0.25) is 0 Å². The molecule has 174 valence electrons. The van der Waals surface area contributed by atoms with Gasteiger partial charge in [0.05, 0.1) is 12.1 Å². The van der Waals surface area contributed by atoms with Crippen LogP contribution in [-0.2, 0) is 22.6 Å². The average molecular weight is 439 g/mol. The number of amides is 1. The monoisotopic (exact) mass is 438 g/mol. The zero-order chi connectivity index (χ0) is 23.4. The number of rotatable bonds is 8. The predicted molar refractivity (Wildman–Crippen MR) is 128 cm³/mol. The van der Waals surface area contributed by atoms with E-state index in [2.05, 4.69) is 67.3 Å². The van der Waals surface area contributed by atoms with Crippen LogP contribution in [0, 0.1) is 5.92 Å². The molecule has 1 fully saturated rings. The maximum absolute atomic E-state index is 13.1. The molecule has 0 bridgehead atoms. The van der Waals surface area contributed by atoms with E-state index in [1.807, 2.05) is 39.8 Å². The Hall–Kier alpha value is -2.37. The molecule has 0 N–H and O–H groups in total. The molecule has 2 aromatic carbocycles. The minimum Gasteiger partial charge on any atom is -0.448 e.